The second-order valence-electron chi connectivity index (χ2n) is 6.15. The lowest BCUT2D eigenvalue weighted by Gasteiger charge is -2.26. The topological polar surface area (TPSA) is 177 Å². The van der Waals surface area contributed by atoms with Gasteiger partial charge in [-0.25, -0.2) is 9.98 Å². The summed E-state index contributed by atoms with van der Waals surface area (Å²) in [6.07, 6.45) is 1.81. The van der Waals surface area contributed by atoms with Crippen molar-refractivity contribution in [3.63, 3.8) is 0 Å². The average molecular weight is 408 g/mol. The van der Waals surface area contributed by atoms with Crippen LogP contribution in [-0.4, -0.2) is 38.4 Å². The van der Waals surface area contributed by atoms with Gasteiger partial charge in [-0.2, -0.15) is 10.5 Å². The maximum atomic E-state index is 9.41. The number of nitrogens with one attached hydrogen (secondary N) is 2. The third-order valence-electron chi connectivity index (χ3n) is 4.41. The summed E-state index contributed by atoms with van der Waals surface area (Å²) in [5.41, 5.74) is 13.5. The van der Waals surface area contributed by atoms with Crippen LogP contribution < -0.4 is 31.6 Å². The summed E-state index contributed by atoms with van der Waals surface area (Å²) in [6.45, 7) is 0.791. The summed E-state index contributed by atoms with van der Waals surface area (Å²) in [6, 6.07) is 6.58. The lowest BCUT2D eigenvalue weighted by atomic mass is 9.95. The molecule has 2 aromatic rings. The number of anilines is 3. The Bertz CT molecular complexity index is 1070. The number of ether oxygens (including phenoxy) is 3. The Hall–Kier alpha value is -4.22. The maximum absolute atomic E-state index is 9.41. The van der Waals surface area contributed by atoms with Gasteiger partial charge in [0.1, 0.15) is 35.9 Å². The number of benzene rings is 1. The molecular formula is C19H20N8O3. The zero-order valence-electron chi connectivity index (χ0n) is 16.4. The molecule has 6 N–H and O–H groups in total. The van der Waals surface area contributed by atoms with E-state index in [1.54, 1.807) is 25.3 Å². The predicted molar refractivity (Wildman–Crippen MR) is 110 cm³/mol. The van der Waals surface area contributed by atoms with Gasteiger partial charge in [-0.15, -0.1) is 0 Å². The van der Waals surface area contributed by atoms with Gasteiger partial charge in [-0.05, 0) is 17.7 Å². The number of hydrogen-bond donors (Lipinski definition) is 4. The third-order valence-corrected chi connectivity index (χ3v) is 4.41. The molecule has 0 aliphatic carbocycles. The fraction of sp³-hybridized carbons (Fsp3) is 0.263. The van der Waals surface area contributed by atoms with Crippen molar-refractivity contribution < 1.29 is 14.2 Å². The SMILES string of the molecule is COCCOc1ccc(C2N=C(NC#N)Nc3nc(N)c(C#N)c(N)c32)cc1OC. The van der Waals surface area contributed by atoms with Gasteiger partial charge in [0.05, 0.1) is 19.4 Å². The zero-order valence-corrected chi connectivity index (χ0v) is 16.4. The van der Waals surface area contributed by atoms with E-state index in [1.165, 1.54) is 7.11 Å². The van der Waals surface area contributed by atoms with E-state index in [2.05, 4.69) is 20.6 Å². The number of rotatable bonds is 6. The molecule has 0 bridgehead atoms. The van der Waals surface area contributed by atoms with Crippen LogP contribution in [0.25, 0.3) is 0 Å². The molecule has 11 heteroatoms. The van der Waals surface area contributed by atoms with E-state index in [-0.39, 0.29) is 23.0 Å². The van der Waals surface area contributed by atoms with Crippen molar-refractivity contribution >= 4 is 23.3 Å². The molecule has 1 aromatic heterocycles. The molecule has 154 valence electrons. The minimum atomic E-state index is -0.667. The molecule has 0 saturated carbocycles. The molecule has 3 rings (SSSR count). The quantitative estimate of drug-likeness (QED) is 0.307. The van der Waals surface area contributed by atoms with Crippen molar-refractivity contribution in [3.05, 3.63) is 34.9 Å². The van der Waals surface area contributed by atoms with Crippen LogP contribution in [-0.2, 0) is 4.74 Å². The van der Waals surface area contributed by atoms with Gasteiger partial charge in [0.2, 0.25) is 5.96 Å². The van der Waals surface area contributed by atoms with Gasteiger partial charge < -0.3 is 31.0 Å². The van der Waals surface area contributed by atoms with Crippen molar-refractivity contribution in [1.29, 1.82) is 10.5 Å². The fourth-order valence-electron chi connectivity index (χ4n) is 3.03. The maximum Gasteiger partial charge on any atom is 0.211 e. The number of hydrogen-bond acceptors (Lipinski definition) is 11. The summed E-state index contributed by atoms with van der Waals surface area (Å²) < 4.78 is 16.1. The molecule has 0 amide bonds. The van der Waals surface area contributed by atoms with Crippen LogP contribution in [0, 0.1) is 22.8 Å². The minimum Gasteiger partial charge on any atom is -0.493 e. The number of nitrogen functional groups attached to an aromatic ring is 2. The van der Waals surface area contributed by atoms with Gasteiger partial charge in [0, 0.05) is 12.7 Å². The molecule has 1 aliphatic rings. The lowest BCUT2D eigenvalue weighted by molar-refractivity contribution is 0.144. The van der Waals surface area contributed by atoms with Gasteiger partial charge in [0.25, 0.3) is 0 Å². The van der Waals surface area contributed by atoms with E-state index < -0.39 is 6.04 Å². The van der Waals surface area contributed by atoms with E-state index >= 15 is 0 Å². The molecule has 1 aromatic carbocycles. The van der Waals surface area contributed by atoms with E-state index in [0.29, 0.717) is 41.7 Å². The smallest absolute Gasteiger partial charge is 0.211 e. The first kappa shape index (κ1) is 20.5. The van der Waals surface area contributed by atoms with Gasteiger partial charge >= 0.3 is 0 Å². The molecule has 1 aliphatic heterocycles. The van der Waals surface area contributed by atoms with Gasteiger partial charge in [0.15, 0.2) is 17.7 Å². The molecule has 1 unspecified atom stereocenters. The predicted octanol–water partition coefficient (Wildman–Crippen LogP) is 1.09. The summed E-state index contributed by atoms with van der Waals surface area (Å²) in [5, 5.41) is 23.7. The monoisotopic (exact) mass is 408 g/mol. The number of guanidine groups is 1. The first-order valence-electron chi connectivity index (χ1n) is 8.82. The van der Waals surface area contributed by atoms with Crippen LogP contribution in [0.4, 0.5) is 17.3 Å². The Morgan fingerprint density at radius 1 is 1.20 bits per heavy atom. The summed E-state index contributed by atoms with van der Waals surface area (Å²) in [5.74, 6) is 1.48. The first-order chi connectivity index (χ1) is 14.5. The normalized spacial score (nSPS) is 14.4. The molecular weight excluding hydrogens is 388 g/mol. The van der Waals surface area contributed by atoms with Crippen molar-refractivity contribution in [1.82, 2.24) is 10.3 Å². The van der Waals surface area contributed by atoms with Crippen LogP contribution in [0.5, 0.6) is 11.5 Å². The van der Waals surface area contributed by atoms with E-state index in [4.69, 9.17) is 30.9 Å². The summed E-state index contributed by atoms with van der Waals surface area (Å²) >= 11 is 0. The number of pyridine rings is 1. The number of aromatic nitrogens is 1. The van der Waals surface area contributed by atoms with Gasteiger partial charge in [-0.1, -0.05) is 6.07 Å². The highest BCUT2D eigenvalue weighted by atomic mass is 16.5. The minimum absolute atomic E-state index is 0.0160. The van der Waals surface area contributed by atoms with Crippen LogP contribution in [0.2, 0.25) is 0 Å². The number of aliphatic imine (C=N–C) groups is 1. The highest BCUT2D eigenvalue weighted by molar-refractivity contribution is 5.98. The summed E-state index contributed by atoms with van der Waals surface area (Å²) in [4.78, 5) is 8.74. The Morgan fingerprint density at radius 2 is 2.00 bits per heavy atom. The molecule has 0 fully saturated rings. The van der Waals surface area contributed by atoms with E-state index in [0.717, 1.165) is 0 Å². The molecule has 2 heterocycles. The lowest BCUT2D eigenvalue weighted by Crippen LogP contribution is -2.32. The van der Waals surface area contributed by atoms with E-state index in [1.807, 2.05) is 12.3 Å². The molecule has 11 nitrogen and oxygen atoms in total. The molecule has 1 atom stereocenters. The second kappa shape index (κ2) is 8.86. The Balaban J connectivity index is 2.11. The van der Waals surface area contributed by atoms with Crippen LogP contribution in [0.3, 0.4) is 0 Å². The van der Waals surface area contributed by atoms with Crippen LogP contribution in [0.1, 0.15) is 22.7 Å². The number of nitrogens with zero attached hydrogens (tertiary/aromatic N) is 4. The van der Waals surface area contributed by atoms with Crippen LogP contribution >= 0.6 is 0 Å². The highest BCUT2D eigenvalue weighted by Gasteiger charge is 2.30. The molecule has 0 saturated heterocycles. The number of nitrogens with two attached hydrogens (primary N) is 2. The molecule has 30 heavy (non-hydrogen) atoms. The Morgan fingerprint density at radius 3 is 2.67 bits per heavy atom. The second-order valence-corrected chi connectivity index (χ2v) is 6.15. The van der Waals surface area contributed by atoms with Crippen molar-refractivity contribution in [3.8, 4) is 23.8 Å². The highest BCUT2D eigenvalue weighted by Crippen LogP contribution is 2.42. The van der Waals surface area contributed by atoms with Crippen LogP contribution in [0.15, 0.2) is 23.2 Å². The standard InChI is InChI=1S/C19H20N8O3/c1-28-5-6-30-12-4-3-10(7-13(12)29-2)16-14-15(22)11(8-20)17(23)26-18(14)27-19(25-16)24-9-21/h3-4,7,16H,5-6H2,1-2H3,(H6,22,23,24,25,26,27). The largest absolute Gasteiger partial charge is 0.493 e. The number of fused-ring (bicyclic) bond motifs is 1. The number of nitriles is 2. The Kier molecular flexibility index (Phi) is 6.05. The third kappa shape index (κ3) is 3.83. The first-order valence-corrected chi connectivity index (χ1v) is 8.82. The number of methoxy groups -OCH3 is 2. The van der Waals surface area contributed by atoms with Crippen molar-refractivity contribution in [2.24, 2.45) is 4.99 Å². The Labute approximate surface area is 172 Å². The molecule has 0 radical (unpaired) electrons. The van der Waals surface area contributed by atoms with E-state index in [9.17, 15) is 5.26 Å². The summed E-state index contributed by atoms with van der Waals surface area (Å²) in [7, 11) is 3.11. The van der Waals surface area contributed by atoms with Gasteiger partial charge in [-0.3, -0.25) is 5.32 Å². The average Bonchev–Trinajstić information content (AvgIpc) is 2.74. The molecule has 0 spiro atoms. The van der Waals surface area contributed by atoms with Crippen molar-refractivity contribution in [2.75, 3.05) is 44.2 Å². The fourth-order valence-corrected chi connectivity index (χ4v) is 3.03. The zero-order chi connectivity index (χ0) is 21.7. The van der Waals surface area contributed by atoms with Crippen molar-refractivity contribution in [2.45, 2.75) is 6.04 Å².